The van der Waals surface area contributed by atoms with Crippen molar-refractivity contribution in [1.82, 2.24) is 0 Å². The number of rotatable bonds is 6. The van der Waals surface area contributed by atoms with Gasteiger partial charge in [-0.25, -0.2) is 0 Å². The second-order valence-electron chi connectivity index (χ2n) is 4.06. The molecule has 0 radical (unpaired) electrons. The molecule has 0 saturated carbocycles. The van der Waals surface area contributed by atoms with Crippen molar-refractivity contribution in [3.05, 3.63) is 35.9 Å². The highest BCUT2D eigenvalue weighted by Crippen LogP contribution is 2.20. The molecule has 2 unspecified atom stereocenters. The van der Waals surface area contributed by atoms with Gasteiger partial charge in [-0.05, 0) is 12.0 Å². The fourth-order valence-electron chi connectivity index (χ4n) is 1.90. The zero-order chi connectivity index (χ0) is 11.1. The van der Waals surface area contributed by atoms with Crippen LogP contribution >= 0.6 is 0 Å². The van der Waals surface area contributed by atoms with Gasteiger partial charge in [-0.15, -0.1) is 0 Å². The molecule has 0 amide bonds. The van der Waals surface area contributed by atoms with Gasteiger partial charge in [-0.2, -0.15) is 0 Å². The topological polar surface area (TPSA) is 52.0 Å². The molecular weight excluding hydrogens is 184 g/mol. The monoisotopic (exact) mass is 206 g/mol. The van der Waals surface area contributed by atoms with Gasteiger partial charge in [0.25, 0.3) is 0 Å². The van der Waals surface area contributed by atoms with E-state index in [1.54, 1.807) is 0 Å². The van der Waals surface area contributed by atoms with E-state index in [0.717, 1.165) is 6.42 Å². The van der Waals surface area contributed by atoms with Gasteiger partial charge in [-0.3, -0.25) is 0 Å². The van der Waals surface area contributed by atoms with E-state index in [0.29, 0.717) is 12.5 Å². The van der Waals surface area contributed by atoms with Gasteiger partial charge in [0, 0.05) is 18.5 Å². The zero-order valence-electron chi connectivity index (χ0n) is 9.52. The van der Waals surface area contributed by atoms with Gasteiger partial charge in [0.05, 0.1) is 0 Å². The number of benzene rings is 1. The molecule has 84 valence electrons. The molecule has 0 aliphatic heterocycles. The average Bonchev–Trinajstić information content (AvgIpc) is 2.29. The quantitative estimate of drug-likeness (QED) is 0.750. The Kier molecular flexibility index (Phi) is 5.37. The fraction of sp³-hybridized carbons (Fsp3) is 0.538. The highest BCUT2D eigenvalue weighted by molar-refractivity contribution is 5.21. The second kappa shape index (κ2) is 6.59. The summed E-state index contributed by atoms with van der Waals surface area (Å²) in [4.78, 5) is 0. The number of hydrogen-bond donors (Lipinski definition) is 2. The van der Waals surface area contributed by atoms with Crippen LogP contribution in [0.15, 0.2) is 30.3 Å². The molecule has 15 heavy (non-hydrogen) atoms. The summed E-state index contributed by atoms with van der Waals surface area (Å²) in [5.74, 6) is 0.303. The minimum atomic E-state index is 0.192. The summed E-state index contributed by atoms with van der Waals surface area (Å²) in [6.45, 7) is 2.82. The van der Waals surface area contributed by atoms with E-state index in [4.69, 9.17) is 11.5 Å². The van der Waals surface area contributed by atoms with Crippen molar-refractivity contribution in [3.8, 4) is 0 Å². The lowest BCUT2D eigenvalue weighted by Gasteiger charge is -2.22. The molecule has 0 heterocycles. The zero-order valence-corrected chi connectivity index (χ0v) is 9.52. The molecule has 0 saturated heterocycles. The van der Waals surface area contributed by atoms with Crippen LogP contribution in [0.3, 0.4) is 0 Å². The Bertz CT molecular complexity index is 258. The number of nitrogens with two attached hydrogens (primary N) is 2. The van der Waals surface area contributed by atoms with Crippen LogP contribution in [0.1, 0.15) is 37.7 Å². The lowest BCUT2D eigenvalue weighted by molar-refractivity contribution is 0.487. The standard InChI is InChI=1S/C13H22N2/c1-2-3-9-13(15)12(10-14)11-7-5-4-6-8-11/h4-8,12-13H,2-3,9-10,14-15H2,1H3. The SMILES string of the molecule is CCCCC(N)C(CN)c1ccccc1. The molecule has 0 aliphatic rings. The normalized spacial score (nSPS) is 14.9. The van der Waals surface area contributed by atoms with E-state index in [9.17, 15) is 0 Å². The maximum absolute atomic E-state index is 6.17. The van der Waals surface area contributed by atoms with Gasteiger partial charge < -0.3 is 11.5 Å². The lowest BCUT2D eigenvalue weighted by atomic mass is 9.89. The molecule has 2 atom stereocenters. The third kappa shape index (κ3) is 3.65. The van der Waals surface area contributed by atoms with E-state index in [2.05, 4.69) is 19.1 Å². The van der Waals surface area contributed by atoms with E-state index >= 15 is 0 Å². The third-order valence-electron chi connectivity index (χ3n) is 2.89. The van der Waals surface area contributed by atoms with Crippen molar-refractivity contribution in [2.45, 2.75) is 38.1 Å². The van der Waals surface area contributed by atoms with Crippen LogP contribution < -0.4 is 11.5 Å². The molecule has 2 nitrogen and oxygen atoms in total. The van der Waals surface area contributed by atoms with Gasteiger partial charge in [-0.1, -0.05) is 50.1 Å². The summed E-state index contributed by atoms with van der Waals surface area (Å²) in [5, 5.41) is 0. The van der Waals surface area contributed by atoms with Crippen molar-refractivity contribution in [2.75, 3.05) is 6.54 Å². The van der Waals surface area contributed by atoms with Crippen LogP contribution in [-0.4, -0.2) is 12.6 Å². The maximum Gasteiger partial charge on any atom is 0.0120 e. The molecule has 0 bridgehead atoms. The first kappa shape index (κ1) is 12.2. The number of unbranched alkanes of at least 4 members (excludes halogenated alkanes) is 1. The van der Waals surface area contributed by atoms with Gasteiger partial charge in [0.15, 0.2) is 0 Å². The summed E-state index contributed by atoms with van der Waals surface area (Å²) in [6, 6.07) is 10.5. The maximum atomic E-state index is 6.17. The summed E-state index contributed by atoms with van der Waals surface area (Å²) in [7, 11) is 0. The van der Waals surface area contributed by atoms with E-state index in [-0.39, 0.29) is 6.04 Å². The Morgan fingerprint density at radius 2 is 1.87 bits per heavy atom. The Morgan fingerprint density at radius 1 is 1.20 bits per heavy atom. The molecule has 0 spiro atoms. The van der Waals surface area contributed by atoms with Crippen LogP contribution in [0, 0.1) is 0 Å². The molecule has 0 fully saturated rings. The molecule has 4 N–H and O–H groups in total. The molecule has 1 rings (SSSR count). The van der Waals surface area contributed by atoms with Gasteiger partial charge in [0.1, 0.15) is 0 Å². The van der Waals surface area contributed by atoms with Crippen LogP contribution in [0.4, 0.5) is 0 Å². The van der Waals surface area contributed by atoms with Gasteiger partial charge >= 0.3 is 0 Å². The van der Waals surface area contributed by atoms with Crippen molar-refractivity contribution in [2.24, 2.45) is 11.5 Å². The first-order chi connectivity index (χ1) is 7.29. The predicted octanol–water partition coefficient (Wildman–Crippen LogP) is 2.25. The first-order valence-corrected chi connectivity index (χ1v) is 5.80. The minimum absolute atomic E-state index is 0.192. The summed E-state index contributed by atoms with van der Waals surface area (Å²) < 4.78 is 0. The van der Waals surface area contributed by atoms with Crippen molar-refractivity contribution in [3.63, 3.8) is 0 Å². The van der Waals surface area contributed by atoms with Crippen molar-refractivity contribution in [1.29, 1.82) is 0 Å². The Hall–Kier alpha value is -0.860. The Morgan fingerprint density at radius 3 is 2.40 bits per heavy atom. The van der Waals surface area contributed by atoms with E-state index in [1.165, 1.54) is 18.4 Å². The summed E-state index contributed by atoms with van der Waals surface area (Å²) >= 11 is 0. The van der Waals surface area contributed by atoms with Crippen molar-refractivity contribution >= 4 is 0 Å². The van der Waals surface area contributed by atoms with E-state index < -0.39 is 0 Å². The molecule has 1 aromatic rings. The molecule has 0 aliphatic carbocycles. The molecule has 1 aromatic carbocycles. The number of hydrogen-bond acceptors (Lipinski definition) is 2. The highest BCUT2D eigenvalue weighted by Gasteiger charge is 2.17. The summed E-state index contributed by atoms with van der Waals surface area (Å²) in [5.41, 5.74) is 13.2. The van der Waals surface area contributed by atoms with Crippen LogP contribution in [0.5, 0.6) is 0 Å². The average molecular weight is 206 g/mol. The molecular formula is C13H22N2. The van der Waals surface area contributed by atoms with Crippen molar-refractivity contribution < 1.29 is 0 Å². The predicted molar refractivity (Wildman–Crippen MR) is 65.7 cm³/mol. The third-order valence-corrected chi connectivity index (χ3v) is 2.89. The van der Waals surface area contributed by atoms with E-state index in [1.807, 2.05) is 18.2 Å². The Balaban J connectivity index is 2.63. The first-order valence-electron chi connectivity index (χ1n) is 5.80. The fourth-order valence-corrected chi connectivity index (χ4v) is 1.90. The van der Waals surface area contributed by atoms with Gasteiger partial charge in [0.2, 0.25) is 0 Å². The van der Waals surface area contributed by atoms with Crippen LogP contribution in [-0.2, 0) is 0 Å². The summed E-state index contributed by atoms with van der Waals surface area (Å²) in [6.07, 6.45) is 3.44. The Labute approximate surface area is 92.7 Å². The highest BCUT2D eigenvalue weighted by atomic mass is 14.7. The van der Waals surface area contributed by atoms with Crippen LogP contribution in [0.25, 0.3) is 0 Å². The largest absolute Gasteiger partial charge is 0.330 e. The smallest absolute Gasteiger partial charge is 0.0120 e. The minimum Gasteiger partial charge on any atom is -0.330 e. The second-order valence-corrected chi connectivity index (χ2v) is 4.06. The molecule has 2 heteroatoms. The van der Waals surface area contributed by atoms with Crippen LogP contribution in [0.2, 0.25) is 0 Å². The molecule has 0 aromatic heterocycles. The lowest BCUT2D eigenvalue weighted by Crippen LogP contribution is -2.33.